The summed E-state index contributed by atoms with van der Waals surface area (Å²) in [5.74, 6) is -0.663. The van der Waals surface area contributed by atoms with Gasteiger partial charge in [0.15, 0.2) is 0 Å². The summed E-state index contributed by atoms with van der Waals surface area (Å²) in [5, 5.41) is 5.28. The molecule has 1 fully saturated rings. The van der Waals surface area contributed by atoms with Gasteiger partial charge >= 0.3 is 0 Å². The number of morpholine rings is 1. The van der Waals surface area contributed by atoms with Crippen molar-refractivity contribution in [2.24, 2.45) is 5.18 Å². The van der Waals surface area contributed by atoms with E-state index in [-0.39, 0.29) is 34.4 Å². The Balaban J connectivity index is 1.70. The molecule has 0 amide bonds. The van der Waals surface area contributed by atoms with Gasteiger partial charge in [0.05, 0.1) is 24.5 Å². The summed E-state index contributed by atoms with van der Waals surface area (Å²) in [6, 6.07) is 24.7. The SMILES string of the molecule is C[C@@H]1CN(c2c(CO[Si](c3ccccc3)(c3ccccc3)C(C)(C)C)cc(C(N=O)c3ccncc3)c(F)c2Cl)C[C@H](C)O1. The van der Waals surface area contributed by atoms with Gasteiger partial charge in [-0.2, -0.15) is 0 Å². The third-order valence-corrected chi connectivity index (χ3v) is 13.6. The number of ether oxygens (including phenoxy) is 1. The van der Waals surface area contributed by atoms with Crippen molar-refractivity contribution in [1.82, 2.24) is 4.98 Å². The fourth-order valence-corrected chi connectivity index (χ4v) is 11.4. The van der Waals surface area contributed by atoms with Crippen LogP contribution in [0.3, 0.4) is 0 Å². The molecule has 0 saturated carbocycles. The molecule has 0 aliphatic carbocycles. The molecule has 5 rings (SSSR count). The van der Waals surface area contributed by atoms with E-state index in [4.69, 9.17) is 20.8 Å². The van der Waals surface area contributed by atoms with Crippen LogP contribution in [0.2, 0.25) is 10.1 Å². The van der Waals surface area contributed by atoms with E-state index in [1.54, 1.807) is 30.6 Å². The van der Waals surface area contributed by atoms with E-state index < -0.39 is 20.2 Å². The van der Waals surface area contributed by atoms with E-state index in [2.05, 4.69) is 60.1 Å². The summed E-state index contributed by atoms with van der Waals surface area (Å²) in [4.78, 5) is 18.4. The number of rotatable bonds is 9. The fraction of sp³-hybridized carbons (Fsp3) is 0.343. The maximum absolute atomic E-state index is 16.3. The van der Waals surface area contributed by atoms with Gasteiger partial charge < -0.3 is 14.1 Å². The highest BCUT2D eigenvalue weighted by atomic mass is 35.5. The van der Waals surface area contributed by atoms with Gasteiger partial charge in [0.25, 0.3) is 8.32 Å². The maximum atomic E-state index is 16.3. The first kappa shape index (κ1) is 32.0. The Morgan fingerprint density at radius 3 is 2.05 bits per heavy atom. The molecule has 1 aliphatic rings. The highest BCUT2D eigenvalue weighted by Crippen LogP contribution is 2.42. The zero-order valence-electron chi connectivity index (χ0n) is 25.8. The lowest BCUT2D eigenvalue weighted by molar-refractivity contribution is -0.00532. The first-order chi connectivity index (χ1) is 21.1. The van der Waals surface area contributed by atoms with Crippen LogP contribution in [-0.2, 0) is 15.8 Å². The second-order valence-electron chi connectivity index (χ2n) is 12.5. The third-order valence-electron chi connectivity index (χ3n) is 8.31. The van der Waals surface area contributed by atoms with Crippen molar-refractivity contribution in [3.8, 4) is 0 Å². The Bertz CT molecular complexity index is 1520. The number of nitroso groups, excluding NO2 is 1. The van der Waals surface area contributed by atoms with Crippen molar-refractivity contribution in [3.63, 3.8) is 0 Å². The first-order valence-electron chi connectivity index (χ1n) is 15.0. The number of hydrogen-bond donors (Lipinski definition) is 0. The molecule has 0 bridgehead atoms. The van der Waals surface area contributed by atoms with Gasteiger partial charge in [0, 0.05) is 36.6 Å². The molecule has 9 heteroatoms. The molecule has 1 aliphatic heterocycles. The van der Waals surface area contributed by atoms with E-state index in [0.717, 1.165) is 10.4 Å². The summed E-state index contributed by atoms with van der Waals surface area (Å²) >= 11 is 6.94. The normalized spacial score (nSPS) is 18.2. The minimum absolute atomic E-state index is 0.0486. The molecule has 1 unspecified atom stereocenters. The van der Waals surface area contributed by atoms with E-state index in [1.165, 1.54) is 0 Å². The van der Waals surface area contributed by atoms with Gasteiger partial charge in [0.2, 0.25) is 0 Å². The summed E-state index contributed by atoms with van der Waals surface area (Å²) in [6.07, 6.45) is 2.96. The number of nitrogens with zero attached hydrogens (tertiary/aromatic N) is 3. The molecule has 4 aromatic rings. The van der Waals surface area contributed by atoms with Crippen LogP contribution in [0.15, 0.2) is 96.4 Å². The summed E-state index contributed by atoms with van der Waals surface area (Å²) in [6.45, 7) is 11.9. The smallest absolute Gasteiger partial charge is 0.261 e. The van der Waals surface area contributed by atoms with Gasteiger partial charge in [-0.15, -0.1) is 4.91 Å². The van der Waals surface area contributed by atoms with Gasteiger partial charge in [-0.3, -0.25) is 4.98 Å². The lowest BCUT2D eigenvalue weighted by atomic mass is 9.96. The van der Waals surface area contributed by atoms with Crippen molar-refractivity contribution < 1.29 is 13.6 Å². The highest BCUT2D eigenvalue weighted by Gasteiger charge is 2.50. The second-order valence-corrected chi connectivity index (χ2v) is 17.2. The van der Waals surface area contributed by atoms with Crippen LogP contribution in [0, 0.1) is 10.7 Å². The van der Waals surface area contributed by atoms with Crippen molar-refractivity contribution in [3.05, 3.63) is 124 Å². The number of benzene rings is 3. The minimum atomic E-state index is -2.95. The molecule has 3 atom stereocenters. The molecule has 44 heavy (non-hydrogen) atoms. The van der Waals surface area contributed by atoms with Gasteiger partial charge in [-0.25, -0.2) is 4.39 Å². The first-order valence-corrected chi connectivity index (χ1v) is 17.2. The van der Waals surface area contributed by atoms with E-state index in [9.17, 15) is 4.91 Å². The number of pyridine rings is 1. The van der Waals surface area contributed by atoms with Crippen LogP contribution in [0.4, 0.5) is 10.1 Å². The summed E-state index contributed by atoms with van der Waals surface area (Å²) in [7, 11) is -2.95. The lowest BCUT2D eigenvalue weighted by Gasteiger charge is -2.43. The van der Waals surface area contributed by atoms with Crippen LogP contribution in [0.5, 0.6) is 0 Å². The largest absolute Gasteiger partial charge is 0.403 e. The highest BCUT2D eigenvalue weighted by molar-refractivity contribution is 6.99. The van der Waals surface area contributed by atoms with Crippen LogP contribution >= 0.6 is 11.6 Å². The lowest BCUT2D eigenvalue weighted by Crippen LogP contribution is -2.66. The zero-order valence-corrected chi connectivity index (χ0v) is 27.6. The van der Waals surface area contributed by atoms with Crippen molar-refractivity contribution in [2.75, 3.05) is 18.0 Å². The Morgan fingerprint density at radius 2 is 1.55 bits per heavy atom. The molecule has 230 valence electrons. The van der Waals surface area contributed by atoms with Crippen LogP contribution in [0.1, 0.15) is 57.4 Å². The monoisotopic (exact) mass is 631 g/mol. The maximum Gasteiger partial charge on any atom is 0.261 e. The molecule has 6 nitrogen and oxygen atoms in total. The zero-order chi connectivity index (χ0) is 31.5. The summed E-state index contributed by atoms with van der Waals surface area (Å²) in [5.41, 5.74) is 1.90. The van der Waals surface area contributed by atoms with Crippen molar-refractivity contribution in [1.29, 1.82) is 0 Å². The molecular weight excluding hydrogens is 593 g/mol. The number of aromatic nitrogens is 1. The molecular formula is C35H39ClFN3O3Si. The molecule has 2 heterocycles. The van der Waals surface area contributed by atoms with Gasteiger partial charge in [-0.05, 0) is 53.0 Å². The Labute approximate surface area is 265 Å². The molecule has 3 aromatic carbocycles. The molecule has 0 spiro atoms. The summed E-state index contributed by atoms with van der Waals surface area (Å²) < 4.78 is 29.6. The van der Waals surface area contributed by atoms with Crippen LogP contribution in [-0.4, -0.2) is 38.6 Å². The van der Waals surface area contributed by atoms with E-state index in [1.807, 2.05) is 50.2 Å². The van der Waals surface area contributed by atoms with E-state index >= 15 is 4.39 Å². The number of halogens is 2. The minimum Gasteiger partial charge on any atom is -0.403 e. The van der Waals surface area contributed by atoms with Crippen LogP contribution < -0.4 is 15.3 Å². The van der Waals surface area contributed by atoms with E-state index in [0.29, 0.717) is 29.9 Å². The molecule has 0 N–H and O–H groups in total. The quantitative estimate of drug-likeness (QED) is 0.142. The van der Waals surface area contributed by atoms with Crippen LogP contribution in [0.25, 0.3) is 0 Å². The Hall–Kier alpha value is -3.43. The van der Waals surface area contributed by atoms with Gasteiger partial charge in [0.1, 0.15) is 16.9 Å². The predicted octanol–water partition coefficient (Wildman–Crippen LogP) is 7.42. The topological polar surface area (TPSA) is 64.0 Å². The fourth-order valence-electron chi connectivity index (χ4n) is 6.49. The third kappa shape index (κ3) is 6.22. The second kappa shape index (κ2) is 13.3. The van der Waals surface area contributed by atoms with Gasteiger partial charge in [-0.1, -0.05) is 98.2 Å². The Morgan fingerprint density at radius 1 is 1.00 bits per heavy atom. The van der Waals surface area contributed by atoms with Crippen molar-refractivity contribution in [2.45, 2.75) is 64.5 Å². The standard InChI is InChI=1S/C35H39ClFN3O3Si/c1-24-21-40(22-25(2)43-24)34-27(20-30(32(37)31(34)36)33(39-41)26-16-18-38-19-17-26)23-42-44(35(3,4)5,28-12-8-6-9-13-28)29-14-10-7-11-15-29/h6-20,24-25,33H,21-23H2,1-5H3/t24-,25+,33?. The molecule has 0 radical (unpaired) electrons. The molecule has 1 aromatic heterocycles. The molecule has 1 saturated heterocycles. The number of hydrogen-bond acceptors (Lipinski definition) is 6. The Kier molecular flexibility index (Phi) is 9.65. The average molecular weight is 632 g/mol. The van der Waals surface area contributed by atoms with Crippen molar-refractivity contribution >= 4 is 36.0 Å². The average Bonchev–Trinajstić information content (AvgIpc) is 3.00. The predicted molar refractivity (Wildman–Crippen MR) is 178 cm³/mol. The number of anilines is 1.